The van der Waals surface area contributed by atoms with Crippen molar-refractivity contribution >= 4 is 0 Å². The number of alkyl halides is 1. The molecule has 1 heterocycles. The van der Waals surface area contributed by atoms with Gasteiger partial charge in [-0.25, -0.2) is 14.8 Å². The number of hydrogen-bond acceptors (Lipinski definition) is 2. The topological polar surface area (TPSA) is 15.3 Å². The second-order valence-electron chi connectivity index (χ2n) is 6.85. The first-order chi connectivity index (χ1) is 9.99. The molecule has 1 saturated heterocycles. The van der Waals surface area contributed by atoms with Crippen LogP contribution in [0.5, 0.6) is 0 Å². The van der Waals surface area contributed by atoms with Gasteiger partial charge in [0.15, 0.2) is 0 Å². The Morgan fingerprint density at radius 1 is 1.38 bits per heavy atom. The predicted octanol–water partition coefficient (Wildman–Crippen LogP) is 4.02. The Bertz CT molecular complexity index is 509. The molecule has 0 aromatic heterocycles. The van der Waals surface area contributed by atoms with E-state index in [1.54, 1.807) is 0 Å². The van der Waals surface area contributed by atoms with Gasteiger partial charge in [0.1, 0.15) is 6.17 Å². The molecular formula is C18H25FN2. The molecule has 3 rings (SSSR count). The standard InChI is InChI=1S/C18H25FN2/c1-13(18(3)9-10-18)14(2)20-21-12-16(19)11-17(21)15-7-5-4-6-8-15/h4-8,14,16-17,20H,1,9-12H2,2-3H3. The van der Waals surface area contributed by atoms with Gasteiger partial charge in [0, 0.05) is 19.0 Å². The van der Waals surface area contributed by atoms with Gasteiger partial charge in [-0.05, 0) is 30.7 Å². The highest BCUT2D eigenvalue weighted by molar-refractivity contribution is 5.23. The zero-order chi connectivity index (χ0) is 15.0. The molecule has 0 bridgehead atoms. The summed E-state index contributed by atoms with van der Waals surface area (Å²) in [6, 6.07) is 10.5. The zero-order valence-electron chi connectivity index (χ0n) is 13.0. The van der Waals surface area contributed by atoms with E-state index < -0.39 is 6.17 Å². The zero-order valence-corrected chi connectivity index (χ0v) is 13.0. The van der Waals surface area contributed by atoms with E-state index in [4.69, 9.17) is 0 Å². The highest BCUT2D eigenvalue weighted by Gasteiger charge is 2.42. The molecule has 2 aliphatic rings. The summed E-state index contributed by atoms with van der Waals surface area (Å²) in [5.74, 6) is 0. The smallest absolute Gasteiger partial charge is 0.116 e. The third-order valence-electron chi connectivity index (χ3n) is 5.09. The Labute approximate surface area is 127 Å². The molecule has 1 aliphatic heterocycles. The Morgan fingerprint density at radius 2 is 2.05 bits per heavy atom. The largest absolute Gasteiger partial charge is 0.248 e. The molecule has 3 heteroatoms. The van der Waals surface area contributed by atoms with E-state index >= 15 is 0 Å². The normalized spacial score (nSPS) is 29.3. The molecule has 3 unspecified atom stereocenters. The molecule has 0 radical (unpaired) electrons. The Morgan fingerprint density at radius 3 is 2.67 bits per heavy atom. The molecule has 0 spiro atoms. The van der Waals surface area contributed by atoms with Gasteiger partial charge in [0.2, 0.25) is 0 Å². The maximum absolute atomic E-state index is 13.9. The Kier molecular flexibility index (Phi) is 3.89. The average Bonchev–Trinajstić information content (AvgIpc) is 3.12. The Hall–Kier alpha value is -1.19. The van der Waals surface area contributed by atoms with E-state index in [0.717, 1.165) is 0 Å². The number of rotatable bonds is 5. The van der Waals surface area contributed by atoms with Gasteiger partial charge in [-0.3, -0.25) is 0 Å². The summed E-state index contributed by atoms with van der Waals surface area (Å²) in [4.78, 5) is 0. The monoisotopic (exact) mass is 288 g/mol. The number of halogens is 1. The summed E-state index contributed by atoms with van der Waals surface area (Å²) in [7, 11) is 0. The molecule has 3 atom stereocenters. The molecule has 1 saturated carbocycles. The fourth-order valence-corrected chi connectivity index (χ4v) is 3.28. The first kappa shape index (κ1) is 14.7. The van der Waals surface area contributed by atoms with Crippen molar-refractivity contribution in [3.05, 3.63) is 48.0 Å². The number of hydrazine groups is 1. The van der Waals surface area contributed by atoms with E-state index in [1.807, 2.05) is 18.2 Å². The van der Waals surface area contributed by atoms with E-state index in [0.29, 0.717) is 18.4 Å². The van der Waals surface area contributed by atoms with Crippen LogP contribution in [0.3, 0.4) is 0 Å². The van der Waals surface area contributed by atoms with E-state index in [2.05, 4.69) is 43.0 Å². The van der Waals surface area contributed by atoms with Crippen LogP contribution in [-0.2, 0) is 0 Å². The molecular weight excluding hydrogens is 263 g/mol. The first-order valence-electron chi connectivity index (χ1n) is 7.91. The van der Waals surface area contributed by atoms with Crippen LogP contribution in [0.4, 0.5) is 4.39 Å². The summed E-state index contributed by atoms with van der Waals surface area (Å²) < 4.78 is 13.9. The van der Waals surface area contributed by atoms with E-state index in [1.165, 1.54) is 24.0 Å². The fourth-order valence-electron chi connectivity index (χ4n) is 3.28. The summed E-state index contributed by atoms with van der Waals surface area (Å²) >= 11 is 0. The highest BCUT2D eigenvalue weighted by atomic mass is 19.1. The van der Waals surface area contributed by atoms with Crippen molar-refractivity contribution in [2.75, 3.05) is 6.54 Å². The molecule has 1 N–H and O–H groups in total. The maximum Gasteiger partial charge on any atom is 0.116 e. The molecule has 21 heavy (non-hydrogen) atoms. The quantitative estimate of drug-likeness (QED) is 0.823. The second-order valence-corrected chi connectivity index (χ2v) is 6.85. The van der Waals surface area contributed by atoms with Crippen LogP contribution in [-0.4, -0.2) is 23.8 Å². The lowest BCUT2D eigenvalue weighted by Gasteiger charge is -2.31. The lowest BCUT2D eigenvalue weighted by atomic mass is 9.94. The summed E-state index contributed by atoms with van der Waals surface area (Å²) in [6.07, 6.45) is 2.25. The number of nitrogens with zero attached hydrogens (tertiary/aromatic N) is 1. The SMILES string of the molecule is C=C(C(C)NN1CC(F)CC1c1ccccc1)C1(C)CC1. The van der Waals surface area contributed by atoms with E-state index in [-0.39, 0.29) is 12.1 Å². The van der Waals surface area contributed by atoms with Crippen LogP contribution in [0.15, 0.2) is 42.5 Å². The third kappa shape index (κ3) is 3.04. The fraction of sp³-hybridized carbons (Fsp3) is 0.556. The van der Waals surface area contributed by atoms with Gasteiger partial charge >= 0.3 is 0 Å². The summed E-state index contributed by atoms with van der Waals surface area (Å²) in [5.41, 5.74) is 6.22. The lowest BCUT2D eigenvalue weighted by Crippen LogP contribution is -2.45. The summed E-state index contributed by atoms with van der Waals surface area (Å²) in [6.45, 7) is 9.12. The predicted molar refractivity (Wildman–Crippen MR) is 84.5 cm³/mol. The van der Waals surface area contributed by atoms with Crippen LogP contribution in [0.1, 0.15) is 44.7 Å². The minimum absolute atomic E-state index is 0.114. The maximum atomic E-state index is 13.9. The van der Waals surface area contributed by atoms with Gasteiger partial charge in [-0.15, -0.1) is 0 Å². The number of nitrogens with one attached hydrogen (secondary N) is 1. The van der Waals surface area contributed by atoms with Crippen molar-refractivity contribution < 1.29 is 4.39 Å². The molecule has 2 fully saturated rings. The highest BCUT2D eigenvalue weighted by Crippen LogP contribution is 2.51. The van der Waals surface area contributed by atoms with Crippen molar-refractivity contribution in [3.8, 4) is 0 Å². The van der Waals surface area contributed by atoms with Gasteiger partial charge in [-0.1, -0.05) is 49.4 Å². The van der Waals surface area contributed by atoms with Crippen molar-refractivity contribution in [1.82, 2.24) is 10.4 Å². The van der Waals surface area contributed by atoms with Crippen LogP contribution in [0.2, 0.25) is 0 Å². The van der Waals surface area contributed by atoms with Crippen molar-refractivity contribution in [2.24, 2.45) is 5.41 Å². The van der Waals surface area contributed by atoms with Gasteiger partial charge in [0.25, 0.3) is 0 Å². The third-order valence-corrected chi connectivity index (χ3v) is 5.09. The van der Waals surface area contributed by atoms with Crippen molar-refractivity contribution in [3.63, 3.8) is 0 Å². The lowest BCUT2D eigenvalue weighted by molar-refractivity contribution is 0.146. The average molecular weight is 288 g/mol. The number of hydrogen-bond donors (Lipinski definition) is 1. The minimum atomic E-state index is -0.764. The molecule has 1 aliphatic carbocycles. The van der Waals surface area contributed by atoms with Gasteiger partial charge in [-0.2, -0.15) is 0 Å². The van der Waals surface area contributed by atoms with Crippen molar-refractivity contribution in [1.29, 1.82) is 0 Å². The Balaban J connectivity index is 1.69. The van der Waals surface area contributed by atoms with Crippen molar-refractivity contribution in [2.45, 2.75) is 51.4 Å². The van der Waals surface area contributed by atoms with Crippen LogP contribution >= 0.6 is 0 Å². The van der Waals surface area contributed by atoms with Gasteiger partial charge in [0.05, 0.1) is 6.04 Å². The molecule has 2 nitrogen and oxygen atoms in total. The number of benzene rings is 1. The molecule has 1 aromatic rings. The molecule has 1 aromatic carbocycles. The first-order valence-corrected chi connectivity index (χ1v) is 7.91. The van der Waals surface area contributed by atoms with Crippen LogP contribution < -0.4 is 5.43 Å². The van der Waals surface area contributed by atoms with Crippen LogP contribution in [0.25, 0.3) is 0 Å². The van der Waals surface area contributed by atoms with E-state index in [9.17, 15) is 4.39 Å². The minimum Gasteiger partial charge on any atom is -0.248 e. The molecule has 114 valence electrons. The second kappa shape index (κ2) is 5.54. The van der Waals surface area contributed by atoms with Gasteiger partial charge < -0.3 is 0 Å². The van der Waals surface area contributed by atoms with Crippen LogP contribution in [0, 0.1) is 5.41 Å². The summed E-state index contributed by atoms with van der Waals surface area (Å²) in [5, 5.41) is 2.07. The molecule has 0 amide bonds.